The highest BCUT2D eigenvalue weighted by Gasteiger charge is 2.14. The van der Waals surface area contributed by atoms with E-state index in [1.165, 1.54) is 37.5 Å². The maximum Gasteiger partial charge on any atom is 0.131 e. The van der Waals surface area contributed by atoms with Crippen LogP contribution in [0, 0.1) is 17.5 Å². The summed E-state index contributed by atoms with van der Waals surface area (Å²) in [5.41, 5.74) is 1.75. The number of unbranched alkanes of at least 4 members (excludes halogenated alkanes) is 4. The molecule has 0 fully saturated rings. The molecule has 0 aliphatic heterocycles. The number of hydrogen-bond acceptors (Lipinski definition) is 1. The zero-order chi connectivity index (χ0) is 20.6. The first-order valence-electron chi connectivity index (χ1n) is 10.1. The first-order valence-corrected chi connectivity index (χ1v) is 10.1. The molecule has 0 heterocycles. The second-order valence-electron chi connectivity index (χ2n) is 7.10. The molecule has 4 heteroatoms. The third kappa shape index (κ3) is 5.63. The summed E-state index contributed by atoms with van der Waals surface area (Å²) in [7, 11) is 0. The van der Waals surface area contributed by atoms with Gasteiger partial charge < -0.3 is 4.74 Å². The van der Waals surface area contributed by atoms with Crippen molar-refractivity contribution in [2.75, 3.05) is 6.61 Å². The Hall–Kier alpha value is -2.75. The third-order valence-corrected chi connectivity index (χ3v) is 4.88. The lowest BCUT2D eigenvalue weighted by atomic mass is 9.94. The standard InChI is InChI=1S/C25H25F3O/c1-2-3-4-5-6-15-29-21-11-7-18(8-12-21)23-16-19(26)9-13-22(23)24-17-20(27)10-14-25(24)28/h7-14,16-17H,2-6,15H2,1H3. The van der Waals surface area contributed by atoms with Crippen LogP contribution in [-0.4, -0.2) is 6.61 Å². The fourth-order valence-electron chi connectivity index (χ4n) is 3.32. The molecule has 0 N–H and O–H groups in total. The molecular weight excluding hydrogens is 373 g/mol. The van der Waals surface area contributed by atoms with Gasteiger partial charge in [-0.1, -0.05) is 50.8 Å². The molecule has 0 saturated heterocycles. The van der Waals surface area contributed by atoms with Crippen LogP contribution in [0.25, 0.3) is 22.3 Å². The zero-order valence-corrected chi connectivity index (χ0v) is 16.6. The average Bonchev–Trinajstić information content (AvgIpc) is 2.73. The van der Waals surface area contributed by atoms with E-state index in [2.05, 4.69) is 6.92 Å². The fourth-order valence-corrected chi connectivity index (χ4v) is 3.32. The summed E-state index contributed by atoms with van der Waals surface area (Å²) in [4.78, 5) is 0. The van der Waals surface area contributed by atoms with Gasteiger partial charge in [-0.05, 0) is 65.6 Å². The second-order valence-corrected chi connectivity index (χ2v) is 7.10. The lowest BCUT2D eigenvalue weighted by Gasteiger charge is -2.13. The van der Waals surface area contributed by atoms with Gasteiger partial charge in [0.25, 0.3) is 0 Å². The van der Waals surface area contributed by atoms with Crippen LogP contribution in [0.4, 0.5) is 13.2 Å². The van der Waals surface area contributed by atoms with Crippen molar-refractivity contribution in [3.05, 3.63) is 78.1 Å². The van der Waals surface area contributed by atoms with Gasteiger partial charge in [0.15, 0.2) is 0 Å². The van der Waals surface area contributed by atoms with E-state index in [1.54, 1.807) is 0 Å². The second kappa shape index (κ2) is 10.1. The number of ether oxygens (including phenoxy) is 1. The van der Waals surface area contributed by atoms with Gasteiger partial charge in [-0.25, -0.2) is 13.2 Å². The number of rotatable bonds is 9. The summed E-state index contributed by atoms with van der Waals surface area (Å²) in [5.74, 6) is -0.797. The summed E-state index contributed by atoms with van der Waals surface area (Å²) in [6, 6.07) is 14.6. The molecule has 0 radical (unpaired) electrons. The molecule has 0 aromatic heterocycles. The van der Waals surface area contributed by atoms with Crippen molar-refractivity contribution in [1.29, 1.82) is 0 Å². The lowest BCUT2D eigenvalue weighted by Crippen LogP contribution is -1.97. The van der Waals surface area contributed by atoms with Crippen LogP contribution in [-0.2, 0) is 0 Å². The van der Waals surface area contributed by atoms with Gasteiger partial charge in [0.05, 0.1) is 6.61 Å². The highest BCUT2D eigenvalue weighted by molar-refractivity contribution is 5.83. The lowest BCUT2D eigenvalue weighted by molar-refractivity contribution is 0.304. The van der Waals surface area contributed by atoms with Crippen molar-refractivity contribution in [3.8, 4) is 28.0 Å². The van der Waals surface area contributed by atoms with Crippen LogP contribution >= 0.6 is 0 Å². The first-order chi connectivity index (χ1) is 14.1. The molecule has 29 heavy (non-hydrogen) atoms. The van der Waals surface area contributed by atoms with Crippen molar-refractivity contribution < 1.29 is 17.9 Å². The zero-order valence-electron chi connectivity index (χ0n) is 16.6. The maximum atomic E-state index is 14.3. The Balaban J connectivity index is 1.78. The van der Waals surface area contributed by atoms with Gasteiger partial charge in [-0.15, -0.1) is 0 Å². The fraction of sp³-hybridized carbons (Fsp3) is 0.280. The van der Waals surface area contributed by atoms with Crippen LogP contribution in [0.1, 0.15) is 39.0 Å². The number of hydrogen-bond donors (Lipinski definition) is 0. The van der Waals surface area contributed by atoms with Gasteiger partial charge in [-0.3, -0.25) is 0 Å². The molecular formula is C25H25F3O. The van der Waals surface area contributed by atoms with Gasteiger partial charge in [0, 0.05) is 5.56 Å². The minimum atomic E-state index is -0.553. The van der Waals surface area contributed by atoms with Crippen LogP contribution in [0.3, 0.4) is 0 Å². The molecule has 0 bridgehead atoms. The molecule has 3 aromatic carbocycles. The predicted octanol–water partition coefficient (Wildman–Crippen LogP) is 7.79. The highest BCUT2D eigenvalue weighted by Crippen LogP contribution is 2.35. The van der Waals surface area contributed by atoms with E-state index in [4.69, 9.17) is 4.74 Å². The Kier molecular flexibility index (Phi) is 7.34. The van der Waals surface area contributed by atoms with E-state index < -0.39 is 17.5 Å². The third-order valence-electron chi connectivity index (χ3n) is 4.88. The largest absolute Gasteiger partial charge is 0.494 e. The normalized spacial score (nSPS) is 10.9. The predicted molar refractivity (Wildman–Crippen MR) is 111 cm³/mol. The molecule has 0 spiro atoms. The Morgan fingerprint density at radius 2 is 1.31 bits per heavy atom. The molecule has 0 aliphatic carbocycles. The topological polar surface area (TPSA) is 9.23 Å². The maximum absolute atomic E-state index is 14.3. The van der Waals surface area contributed by atoms with Crippen molar-refractivity contribution in [3.63, 3.8) is 0 Å². The minimum absolute atomic E-state index is 0.104. The summed E-state index contributed by atoms with van der Waals surface area (Å²) in [5, 5.41) is 0. The molecule has 3 rings (SSSR count). The average molecular weight is 398 g/mol. The Morgan fingerprint density at radius 3 is 2.03 bits per heavy atom. The Bertz CT molecular complexity index is 935. The Labute approximate surface area is 170 Å². The minimum Gasteiger partial charge on any atom is -0.494 e. The van der Waals surface area contributed by atoms with Gasteiger partial charge in [0.2, 0.25) is 0 Å². The summed E-state index contributed by atoms with van der Waals surface area (Å²) in [6.07, 6.45) is 5.84. The van der Waals surface area contributed by atoms with E-state index in [1.807, 2.05) is 24.3 Å². The number of halogens is 3. The quantitative estimate of drug-likeness (QED) is 0.334. The molecule has 0 unspecified atom stereocenters. The monoisotopic (exact) mass is 398 g/mol. The first kappa shape index (κ1) is 21.0. The van der Waals surface area contributed by atoms with E-state index in [-0.39, 0.29) is 5.56 Å². The van der Waals surface area contributed by atoms with E-state index >= 15 is 0 Å². The van der Waals surface area contributed by atoms with Crippen LogP contribution in [0.15, 0.2) is 60.7 Å². The molecule has 0 saturated carbocycles. The molecule has 152 valence electrons. The SMILES string of the molecule is CCCCCCCOc1ccc(-c2cc(F)ccc2-c2cc(F)ccc2F)cc1. The smallest absolute Gasteiger partial charge is 0.131 e. The molecule has 3 aromatic rings. The van der Waals surface area contributed by atoms with Gasteiger partial charge in [0.1, 0.15) is 23.2 Å². The van der Waals surface area contributed by atoms with Crippen LogP contribution < -0.4 is 4.74 Å². The van der Waals surface area contributed by atoms with E-state index in [0.29, 0.717) is 23.3 Å². The summed E-state index contributed by atoms with van der Waals surface area (Å²) in [6.45, 7) is 2.84. The van der Waals surface area contributed by atoms with Crippen molar-refractivity contribution in [2.24, 2.45) is 0 Å². The van der Waals surface area contributed by atoms with E-state index in [9.17, 15) is 13.2 Å². The summed E-state index contributed by atoms with van der Waals surface area (Å²) >= 11 is 0. The van der Waals surface area contributed by atoms with Crippen molar-refractivity contribution >= 4 is 0 Å². The van der Waals surface area contributed by atoms with Gasteiger partial charge in [-0.2, -0.15) is 0 Å². The Morgan fingerprint density at radius 1 is 0.655 bits per heavy atom. The van der Waals surface area contributed by atoms with Crippen molar-refractivity contribution in [1.82, 2.24) is 0 Å². The van der Waals surface area contributed by atoms with E-state index in [0.717, 1.165) is 36.8 Å². The van der Waals surface area contributed by atoms with Crippen molar-refractivity contribution in [2.45, 2.75) is 39.0 Å². The van der Waals surface area contributed by atoms with Crippen LogP contribution in [0.2, 0.25) is 0 Å². The number of benzene rings is 3. The highest BCUT2D eigenvalue weighted by atomic mass is 19.1. The molecule has 0 atom stereocenters. The van der Waals surface area contributed by atoms with Crippen LogP contribution in [0.5, 0.6) is 5.75 Å². The van der Waals surface area contributed by atoms with Gasteiger partial charge >= 0.3 is 0 Å². The molecule has 1 nitrogen and oxygen atoms in total. The summed E-state index contributed by atoms with van der Waals surface area (Å²) < 4.78 is 47.6. The molecule has 0 amide bonds. The molecule has 0 aliphatic rings.